The Morgan fingerprint density at radius 1 is 1.13 bits per heavy atom. The maximum absolute atomic E-state index is 12.5. The van der Waals surface area contributed by atoms with Crippen LogP contribution in [0, 0.1) is 0 Å². The van der Waals surface area contributed by atoms with Crippen LogP contribution in [-0.2, 0) is 6.54 Å². The lowest BCUT2D eigenvalue weighted by Gasteiger charge is -2.09. The van der Waals surface area contributed by atoms with Gasteiger partial charge in [0.05, 0.1) is 11.1 Å². The summed E-state index contributed by atoms with van der Waals surface area (Å²) >= 11 is 0. The van der Waals surface area contributed by atoms with Crippen molar-refractivity contribution in [1.82, 2.24) is 19.5 Å². The van der Waals surface area contributed by atoms with Crippen molar-refractivity contribution in [3.63, 3.8) is 0 Å². The third kappa shape index (κ3) is 2.73. The average molecular weight is 397 g/mol. The van der Waals surface area contributed by atoms with E-state index in [2.05, 4.69) is 26.8 Å². The smallest absolute Gasteiger partial charge is 0.256 e. The highest BCUT2D eigenvalue weighted by atomic mass is 16.1. The highest BCUT2D eigenvalue weighted by Crippen LogP contribution is 2.43. The van der Waals surface area contributed by atoms with Crippen LogP contribution in [0.5, 0.6) is 0 Å². The van der Waals surface area contributed by atoms with Gasteiger partial charge in [-0.15, -0.1) is 0 Å². The predicted molar refractivity (Wildman–Crippen MR) is 117 cm³/mol. The average Bonchev–Trinajstić information content (AvgIpc) is 3.24. The highest BCUT2D eigenvalue weighted by Gasteiger charge is 2.31. The maximum Gasteiger partial charge on any atom is 0.256 e. The quantitative estimate of drug-likeness (QED) is 0.488. The van der Waals surface area contributed by atoms with Gasteiger partial charge in [-0.2, -0.15) is 0 Å². The largest absolute Gasteiger partial charge is 0.383 e. The minimum absolute atomic E-state index is 0.178. The number of benzene rings is 1. The van der Waals surface area contributed by atoms with Crippen LogP contribution < -0.4 is 16.8 Å². The third-order valence-electron chi connectivity index (χ3n) is 5.34. The van der Waals surface area contributed by atoms with E-state index in [0.29, 0.717) is 23.7 Å². The van der Waals surface area contributed by atoms with Crippen molar-refractivity contribution in [3.05, 3.63) is 72.8 Å². The molecule has 0 bridgehead atoms. The second-order valence-electron chi connectivity index (χ2n) is 7.17. The SMILES string of the molecule is C=C1c2c(-c3ccc(C(=O)Nc4ccccn4)cc3)c3c(N)ncnc3n2C[C@H]1N. The fourth-order valence-electron chi connectivity index (χ4n) is 3.88. The molecule has 0 fully saturated rings. The lowest BCUT2D eigenvalue weighted by Crippen LogP contribution is -2.20. The zero-order valence-electron chi connectivity index (χ0n) is 16.0. The summed E-state index contributed by atoms with van der Waals surface area (Å²) in [6.07, 6.45) is 3.08. The summed E-state index contributed by atoms with van der Waals surface area (Å²) in [7, 11) is 0. The number of nitrogens with two attached hydrogens (primary N) is 2. The first kappa shape index (κ1) is 18.0. The van der Waals surface area contributed by atoms with E-state index in [-0.39, 0.29) is 11.9 Å². The molecule has 0 saturated heterocycles. The fraction of sp³-hybridized carbons (Fsp3) is 0.0909. The molecular formula is C22H19N7O. The van der Waals surface area contributed by atoms with Crippen LogP contribution in [-0.4, -0.2) is 31.5 Å². The Balaban J connectivity index is 1.57. The van der Waals surface area contributed by atoms with Gasteiger partial charge < -0.3 is 21.4 Å². The first-order valence-corrected chi connectivity index (χ1v) is 9.45. The Morgan fingerprint density at radius 3 is 2.67 bits per heavy atom. The third-order valence-corrected chi connectivity index (χ3v) is 5.34. The van der Waals surface area contributed by atoms with E-state index in [1.54, 1.807) is 30.5 Å². The number of pyridine rings is 1. The van der Waals surface area contributed by atoms with E-state index < -0.39 is 0 Å². The molecule has 0 radical (unpaired) electrons. The molecule has 8 heteroatoms. The normalized spacial score (nSPS) is 15.4. The van der Waals surface area contributed by atoms with Crippen LogP contribution in [0.25, 0.3) is 27.7 Å². The number of aromatic nitrogens is 4. The van der Waals surface area contributed by atoms with Gasteiger partial charge in [0.25, 0.3) is 5.91 Å². The first-order valence-electron chi connectivity index (χ1n) is 9.45. The lowest BCUT2D eigenvalue weighted by molar-refractivity contribution is 0.102. The monoisotopic (exact) mass is 397 g/mol. The Hall–Kier alpha value is -4.04. The molecule has 1 amide bonds. The summed E-state index contributed by atoms with van der Waals surface area (Å²) in [4.78, 5) is 25.2. The van der Waals surface area contributed by atoms with Gasteiger partial charge in [-0.05, 0) is 35.4 Å². The molecule has 1 atom stereocenters. The van der Waals surface area contributed by atoms with Crippen LogP contribution in [0.15, 0.2) is 61.6 Å². The van der Waals surface area contributed by atoms with Gasteiger partial charge in [0.2, 0.25) is 0 Å². The maximum atomic E-state index is 12.5. The van der Waals surface area contributed by atoms with Crippen molar-refractivity contribution < 1.29 is 4.79 Å². The molecule has 148 valence electrons. The fourth-order valence-corrected chi connectivity index (χ4v) is 3.88. The second-order valence-corrected chi connectivity index (χ2v) is 7.17. The van der Waals surface area contributed by atoms with Crippen LogP contribution in [0.2, 0.25) is 0 Å². The molecule has 3 aromatic heterocycles. The molecule has 8 nitrogen and oxygen atoms in total. The summed E-state index contributed by atoms with van der Waals surface area (Å²) in [6, 6.07) is 12.5. The number of amides is 1. The van der Waals surface area contributed by atoms with Crippen molar-refractivity contribution in [2.45, 2.75) is 12.6 Å². The molecule has 4 heterocycles. The number of carbonyl (C=O) groups excluding carboxylic acids is 1. The summed E-state index contributed by atoms with van der Waals surface area (Å²) in [5.41, 5.74) is 17.2. The van der Waals surface area contributed by atoms with E-state index in [1.165, 1.54) is 6.33 Å². The van der Waals surface area contributed by atoms with Crippen molar-refractivity contribution >= 4 is 34.1 Å². The van der Waals surface area contributed by atoms with Gasteiger partial charge >= 0.3 is 0 Å². The molecule has 1 aromatic carbocycles. The second kappa shape index (κ2) is 6.78. The van der Waals surface area contributed by atoms with E-state index in [9.17, 15) is 4.79 Å². The first-order chi connectivity index (χ1) is 14.5. The van der Waals surface area contributed by atoms with E-state index in [0.717, 1.165) is 33.4 Å². The number of nitrogens with one attached hydrogen (secondary N) is 1. The number of hydrogen-bond donors (Lipinski definition) is 3. The van der Waals surface area contributed by atoms with Crippen LogP contribution in [0.4, 0.5) is 11.6 Å². The van der Waals surface area contributed by atoms with Crippen LogP contribution in [0.1, 0.15) is 16.1 Å². The van der Waals surface area contributed by atoms with E-state index in [1.807, 2.05) is 22.8 Å². The predicted octanol–water partition coefficient (Wildman–Crippen LogP) is 2.68. The molecule has 0 spiro atoms. The molecule has 0 unspecified atom stereocenters. The zero-order chi connectivity index (χ0) is 20.8. The summed E-state index contributed by atoms with van der Waals surface area (Å²) < 4.78 is 2.04. The topological polar surface area (TPSA) is 125 Å². The number of rotatable bonds is 3. The van der Waals surface area contributed by atoms with Crippen molar-refractivity contribution in [2.75, 3.05) is 11.1 Å². The minimum atomic E-state index is -0.235. The van der Waals surface area contributed by atoms with Gasteiger partial charge in [-0.1, -0.05) is 24.8 Å². The number of hydrogen-bond acceptors (Lipinski definition) is 6. The molecule has 30 heavy (non-hydrogen) atoms. The summed E-state index contributed by atoms with van der Waals surface area (Å²) in [5, 5.41) is 3.55. The van der Waals surface area contributed by atoms with Crippen molar-refractivity contribution in [3.8, 4) is 11.1 Å². The number of nitrogen functional groups attached to an aromatic ring is 1. The Labute approximate surface area is 172 Å². The molecular weight excluding hydrogens is 378 g/mol. The summed E-state index contributed by atoms with van der Waals surface area (Å²) in [6.45, 7) is 4.76. The van der Waals surface area contributed by atoms with Gasteiger partial charge in [-0.25, -0.2) is 15.0 Å². The van der Waals surface area contributed by atoms with Crippen molar-refractivity contribution in [2.24, 2.45) is 5.73 Å². The Bertz CT molecular complexity index is 1290. The van der Waals surface area contributed by atoms with E-state index in [4.69, 9.17) is 11.5 Å². The number of nitrogens with zero attached hydrogens (tertiary/aromatic N) is 4. The van der Waals surface area contributed by atoms with Crippen molar-refractivity contribution in [1.29, 1.82) is 0 Å². The summed E-state index contributed by atoms with van der Waals surface area (Å²) in [5.74, 6) is 0.662. The number of carbonyl (C=O) groups is 1. The number of anilines is 2. The molecule has 5 N–H and O–H groups in total. The zero-order valence-corrected chi connectivity index (χ0v) is 16.0. The van der Waals surface area contributed by atoms with Gasteiger partial charge in [0.15, 0.2) is 0 Å². The standard InChI is InChI=1S/C22H19N7O/c1-12-15(23)10-29-19(12)17(18-20(24)26-11-27-21(18)29)13-5-7-14(8-6-13)22(30)28-16-4-2-3-9-25-16/h2-9,11,15H,1,10,23H2,(H2,24,26,27)(H,25,28,30)/t15-/m1/s1. The number of fused-ring (bicyclic) bond motifs is 3. The van der Waals surface area contributed by atoms with Gasteiger partial charge in [0.1, 0.15) is 23.6 Å². The molecule has 0 saturated carbocycles. The van der Waals surface area contributed by atoms with Gasteiger partial charge in [0, 0.05) is 29.9 Å². The van der Waals surface area contributed by atoms with Crippen LogP contribution in [0.3, 0.4) is 0 Å². The van der Waals surface area contributed by atoms with E-state index >= 15 is 0 Å². The van der Waals surface area contributed by atoms with Gasteiger partial charge in [-0.3, -0.25) is 4.79 Å². The molecule has 5 rings (SSSR count). The Kier molecular flexibility index (Phi) is 4.07. The highest BCUT2D eigenvalue weighted by molar-refractivity contribution is 6.08. The minimum Gasteiger partial charge on any atom is -0.383 e. The molecule has 4 aromatic rings. The Morgan fingerprint density at radius 2 is 1.93 bits per heavy atom. The molecule has 1 aliphatic rings. The van der Waals surface area contributed by atoms with Crippen LogP contribution >= 0.6 is 0 Å². The molecule has 1 aliphatic heterocycles. The lowest BCUT2D eigenvalue weighted by atomic mass is 9.97. The molecule has 0 aliphatic carbocycles.